The highest BCUT2D eigenvalue weighted by atomic mass is 15.1. The third-order valence-electron chi connectivity index (χ3n) is 2.25. The predicted molar refractivity (Wildman–Crippen MR) is 62.5 cm³/mol. The molecular formula is C10H14N6. The van der Waals surface area contributed by atoms with E-state index in [-0.39, 0.29) is 5.95 Å². The summed E-state index contributed by atoms with van der Waals surface area (Å²) in [4.78, 5) is 7.89. The van der Waals surface area contributed by atoms with Crippen LogP contribution in [0.25, 0.3) is 11.4 Å². The Bertz CT molecular complexity index is 482. The lowest BCUT2D eigenvalue weighted by Gasteiger charge is -1.99. The zero-order valence-corrected chi connectivity index (χ0v) is 9.23. The van der Waals surface area contributed by atoms with E-state index in [1.165, 1.54) is 0 Å². The second kappa shape index (κ2) is 3.80. The van der Waals surface area contributed by atoms with Crippen LogP contribution in [-0.2, 0) is 0 Å². The van der Waals surface area contributed by atoms with Crippen LogP contribution in [0.4, 0.5) is 11.8 Å². The molecule has 2 aromatic heterocycles. The molecule has 2 heterocycles. The first kappa shape index (κ1) is 10.4. The Balaban J connectivity index is 2.42. The van der Waals surface area contributed by atoms with Crippen molar-refractivity contribution in [1.82, 2.24) is 20.2 Å². The molecule has 0 aliphatic rings. The summed E-state index contributed by atoms with van der Waals surface area (Å²) in [5.74, 6) is 0.887. The van der Waals surface area contributed by atoms with Crippen molar-refractivity contribution >= 4 is 11.8 Å². The molecule has 0 saturated heterocycles. The van der Waals surface area contributed by atoms with E-state index < -0.39 is 0 Å². The quantitative estimate of drug-likeness (QED) is 0.701. The van der Waals surface area contributed by atoms with Crippen LogP contribution < -0.4 is 11.5 Å². The van der Waals surface area contributed by atoms with Crippen LogP contribution in [0.2, 0.25) is 0 Å². The summed E-state index contributed by atoms with van der Waals surface area (Å²) in [7, 11) is 0. The highest BCUT2D eigenvalue weighted by molar-refractivity contribution is 5.59. The summed E-state index contributed by atoms with van der Waals surface area (Å²) in [5.41, 5.74) is 13.5. The molecule has 0 bridgehead atoms. The van der Waals surface area contributed by atoms with Crippen LogP contribution in [0.15, 0.2) is 12.1 Å². The Kier molecular flexibility index (Phi) is 2.47. The number of nitrogens with one attached hydrogen (secondary N) is 1. The highest BCUT2D eigenvalue weighted by Crippen LogP contribution is 2.21. The minimum Gasteiger partial charge on any atom is -0.384 e. The third kappa shape index (κ3) is 1.95. The average molecular weight is 218 g/mol. The SMILES string of the molecule is CC(C)c1cc(-c2cc(N)nc(N)n2)n[nH]1. The molecule has 6 nitrogen and oxygen atoms in total. The Morgan fingerprint density at radius 1 is 1.12 bits per heavy atom. The zero-order valence-electron chi connectivity index (χ0n) is 9.23. The van der Waals surface area contributed by atoms with E-state index in [1.807, 2.05) is 6.07 Å². The van der Waals surface area contributed by atoms with Gasteiger partial charge in [0.05, 0.1) is 5.69 Å². The minimum absolute atomic E-state index is 0.157. The summed E-state index contributed by atoms with van der Waals surface area (Å²) in [5, 5.41) is 7.11. The smallest absolute Gasteiger partial charge is 0.222 e. The number of nitrogens with zero attached hydrogens (tertiary/aromatic N) is 3. The van der Waals surface area contributed by atoms with Gasteiger partial charge in [0.2, 0.25) is 5.95 Å². The molecule has 2 rings (SSSR count). The minimum atomic E-state index is 0.157. The van der Waals surface area contributed by atoms with E-state index in [0.717, 1.165) is 11.4 Å². The number of H-pyrrole nitrogens is 1. The summed E-state index contributed by atoms with van der Waals surface area (Å²) < 4.78 is 0. The number of aromatic amines is 1. The van der Waals surface area contributed by atoms with Gasteiger partial charge in [-0.1, -0.05) is 13.8 Å². The maximum atomic E-state index is 5.59. The molecule has 5 N–H and O–H groups in total. The maximum absolute atomic E-state index is 5.59. The fraction of sp³-hybridized carbons (Fsp3) is 0.300. The monoisotopic (exact) mass is 218 g/mol. The Morgan fingerprint density at radius 2 is 1.88 bits per heavy atom. The molecule has 0 aromatic carbocycles. The molecule has 16 heavy (non-hydrogen) atoms. The average Bonchev–Trinajstić information content (AvgIpc) is 2.64. The van der Waals surface area contributed by atoms with Crippen LogP contribution in [-0.4, -0.2) is 20.2 Å². The highest BCUT2D eigenvalue weighted by Gasteiger charge is 2.09. The topological polar surface area (TPSA) is 106 Å². The van der Waals surface area contributed by atoms with Crippen LogP contribution in [0, 0.1) is 0 Å². The number of nitrogens with two attached hydrogens (primary N) is 2. The van der Waals surface area contributed by atoms with E-state index >= 15 is 0 Å². The first-order valence-electron chi connectivity index (χ1n) is 5.02. The van der Waals surface area contributed by atoms with E-state index in [1.54, 1.807) is 6.07 Å². The van der Waals surface area contributed by atoms with Crippen molar-refractivity contribution in [2.24, 2.45) is 0 Å². The molecule has 0 fully saturated rings. The van der Waals surface area contributed by atoms with Crippen LogP contribution >= 0.6 is 0 Å². The van der Waals surface area contributed by atoms with Crippen molar-refractivity contribution in [3.8, 4) is 11.4 Å². The van der Waals surface area contributed by atoms with Gasteiger partial charge < -0.3 is 11.5 Å². The fourth-order valence-electron chi connectivity index (χ4n) is 1.38. The summed E-state index contributed by atoms with van der Waals surface area (Å²) in [6.45, 7) is 4.17. The zero-order chi connectivity index (χ0) is 11.7. The first-order chi connectivity index (χ1) is 7.56. The molecule has 0 unspecified atom stereocenters. The molecule has 0 radical (unpaired) electrons. The lowest BCUT2D eigenvalue weighted by atomic mass is 10.1. The van der Waals surface area contributed by atoms with E-state index in [9.17, 15) is 0 Å². The molecule has 0 atom stereocenters. The van der Waals surface area contributed by atoms with E-state index in [0.29, 0.717) is 17.4 Å². The molecular weight excluding hydrogens is 204 g/mol. The molecule has 0 saturated carbocycles. The standard InChI is InChI=1S/C10H14N6/c1-5(2)6-3-8(16-15-6)7-4-9(11)14-10(12)13-7/h3-5H,1-2H3,(H,15,16)(H4,11,12,13,14). The fourth-order valence-corrected chi connectivity index (χ4v) is 1.38. The maximum Gasteiger partial charge on any atom is 0.222 e. The molecule has 6 heteroatoms. The van der Waals surface area contributed by atoms with Crippen molar-refractivity contribution in [2.75, 3.05) is 11.5 Å². The van der Waals surface area contributed by atoms with Gasteiger partial charge in [-0.15, -0.1) is 0 Å². The van der Waals surface area contributed by atoms with Gasteiger partial charge in [-0.25, -0.2) is 4.98 Å². The van der Waals surface area contributed by atoms with Gasteiger partial charge in [-0.2, -0.15) is 10.1 Å². The van der Waals surface area contributed by atoms with Crippen molar-refractivity contribution in [3.63, 3.8) is 0 Å². The van der Waals surface area contributed by atoms with Gasteiger partial charge in [0.25, 0.3) is 0 Å². The molecule has 0 amide bonds. The molecule has 0 aliphatic heterocycles. The number of nitrogen functional groups attached to an aromatic ring is 2. The van der Waals surface area contributed by atoms with Crippen LogP contribution in [0.1, 0.15) is 25.5 Å². The summed E-state index contributed by atoms with van der Waals surface area (Å²) in [6.07, 6.45) is 0. The number of aromatic nitrogens is 4. The normalized spacial score (nSPS) is 10.9. The first-order valence-corrected chi connectivity index (χ1v) is 5.02. The lowest BCUT2D eigenvalue weighted by molar-refractivity contribution is 0.810. The number of hydrogen-bond acceptors (Lipinski definition) is 5. The van der Waals surface area contributed by atoms with Gasteiger partial charge in [0.15, 0.2) is 0 Å². The largest absolute Gasteiger partial charge is 0.384 e. The number of hydrogen-bond donors (Lipinski definition) is 3. The summed E-state index contributed by atoms with van der Waals surface area (Å²) >= 11 is 0. The molecule has 0 aliphatic carbocycles. The van der Waals surface area contributed by atoms with Gasteiger partial charge in [0, 0.05) is 11.8 Å². The van der Waals surface area contributed by atoms with Gasteiger partial charge in [0.1, 0.15) is 11.5 Å². The van der Waals surface area contributed by atoms with Crippen molar-refractivity contribution in [1.29, 1.82) is 0 Å². The summed E-state index contributed by atoms with van der Waals surface area (Å²) in [6, 6.07) is 3.59. The Hall–Kier alpha value is -2.11. The van der Waals surface area contributed by atoms with Crippen molar-refractivity contribution in [2.45, 2.75) is 19.8 Å². The number of anilines is 2. The Labute approximate surface area is 93.1 Å². The molecule has 84 valence electrons. The second-order valence-corrected chi connectivity index (χ2v) is 3.90. The second-order valence-electron chi connectivity index (χ2n) is 3.90. The number of rotatable bonds is 2. The third-order valence-corrected chi connectivity index (χ3v) is 2.25. The van der Waals surface area contributed by atoms with Crippen molar-refractivity contribution in [3.05, 3.63) is 17.8 Å². The van der Waals surface area contributed by atoms with Gasteiger partial charge in [-0.3, -0.25) is 5.10 Å². The van der Waals surface area contributed by atoms with Crippen molar-refractivity contribution < 1.29 is 0 Å². The molecule has 0 spiro atoms. The predicted octanol–water partition coefficient (Wildman–Crippen LogP) is 1.15. The van der Waals surface area contributed by atoms with Crippen LogP contribution in [0.5, 0.6) is 0 Å². The Morgan fingerprint density at radius 3 is 2.44 bits per heavy atom. The molecule has 2 aromatic rings. The van der Waals surface area contributed by atoms with Gasteiger partial charge >= 0.3 is 0 Å². The van der Waals surface area contributed by atoms with E-state index in [2.05, 4.69) is 34.0 Å². The van der Waals surface area contributed by atoms with E-state index in [4.69, 9.17) is 11.5 Å². The lowest BCUT2D eigenvalue weighted by Crippen LogP contribution is -2.00. The van der Waals surface area contributed by atoms with Crippen LogP contribution in [0.3, 0.4) is 0 Å². The van der Waals surface area contributed by atoms with Gasteiger partial charge in [-0.05, 0) is 12.0 Å².